The predicted octanol–water partition coefficient (Wildman–Crippen LogP) is 7.87. The van der Waals surface area contributed by atoms with Crippen LogP contribution in [0.2, 0.25) is 0 Å². The fourth-order valence-electron chi connectivity index (χ4n) is 3.70. The van der Waals surface area contributed by atoms with Gasteiger partial charge in [-0.3, -0.25) is 0 Å². The first-order chi connectivity index (χ1) is 13.9. The monoisotopic (exact) mass is 424 g/mol. The van der Waals surface area contributed by atoms with Gasteiger partial charge in [0.2, 0.25) is 0 Å². The zero-order valence-electron chi connectivity index (χ0n) is 21.9. The van der Waals surface area contributed by atoms with Crippen LogP contribution < -0.4 is 4.74 Å². The summed E-state index contributed by atoms with van der Waals surface area (Å²) in [4.78, 5) is 0. The molecule has 0 amide bonds. The van der Waals surface area contributed by atoms with Crippen LogP contribution in [0.5, 0.6) is 5.75 Å². The van der Waals surface area contributed by atoms with Crippen LogP contribution in [0, 0.1) is 0 Å². The average molecular weight is 425 g/mol. The van der Waals surface area contributed by atoms with E-state index in [4.69, 9.17) is 4.74 Å². The lowest BCUT2D eigenvalue weighted by Crippen LogP contribution is -2.19. The first-order valence-corrected chi connectivity index (χ1v) is 11.4. The molecule has 0 saturated carbocycles. The first-order valence-electron chi connectivity index (χ1n) is 11.4. The molecule has 2 nitrogen and oxygen atoms in total. The van der Waals surface area contributed by atoms with Crippen LogP contribution in [-0.4, -0.2) is 11.9 Å². The van der Waals surface area contributed by atoms with E-state index >= 15 is 0 Å². The maximum absolute atomic E-state index is 9.76. The van der Waals surface area contributed by atoms with Gasteiger partial charge >= 0.3 is 0 Å². The molecule has 1 N–H and O–H groups in total. The molecular formula is C29H44O2. The van der Waals surface area contributed by atoms with Crippen LogP contribution in [0.1, 0.15) is 105 Å². The van der Waals surface area contributed by atoms with Gasteiger partial charge in [0.15, 0.2) is 6.79 Å². The van der Waals surface area contributed by atoms with Crippen LogP contribution in [0.15, 0.2) is 30.3 Å². The third-order valence-electron chi connectivity index (χ3n) is 5.95. The van der Waals surface area contributed by atoms with E-state index in [0.717, 1.165) is 22.4 Å². The Morgan fingerprint density at radius 1 is 0.581 bits per heavy atom. The van der Waals surface area contributed by atoms with E-state index in [1.807, 2.05) is 0 Å². The molecule has 0 fully saturated rings. The number of aliphatic hydroxyl groups is 1. The molecule has 0 aliphatic carbocycles. The Balaban J connectivity index is 3.00. The highest BCUT2D eigenvalue weighted by Gasteiger charge is 2.28. The van der Waals surface area contributed by atoms with Crippen molar-refractivity contribution in [1.82, 2.24) is 0 Å². The normalized spacial score (nSPS) is 13.5. The summed E-state index contributed by atoms with van der Waals surface area (Å²) in [5.41, 5.74) is 7.17. The molecular weight excluding hydrogens is 380 g/mol. The highest BCUT2D eigenvalue weighted by molar-refractivity contribution is 5.76. The minimum atomic E-state index is -0.337. The third-order valence-corrected chi connectivity index (χ3v) is 5.95. The van der Waals surface area contributed by atoms with E-state index in [-0.39, 0.29) is 28.5 Å². The van der Waals surface area contributed by atoms with Gasteiger partial charge < -0.3 is 9.84 Å². The number of rotatable bonds is 3. The van der Waals surface area contributed by atoms with Crippen molar-refractivity contribution in [2.24, 2.45) is 0 Å². The fourth-order valence-corrected chi connectivity index (χ4v) is 3.70. The molecule has 31 heavy (non-hydrogen) atoms. The van der Waals surface area contributed by atoms with Gasteiger partial charge in [0.25, 0.3) is 0 Å². The lowest BCUT2D eigenvalue weighted by atomic mass is 9.76. The summed E-state index contributed by atoms with van der Waals surface area (Å²) >= 11 is 0. The molecule has 0 aliphatic heterocycles. The molecule has 0 aliphatic rings. The van der Waals surface area contributed by atoms with Crippen molar-refractivity contribution < 1.29 is 9.84 Å². The Kier molecular flexibility index (Phi) is 6.80. The van der Waals surface area contributed by atoms with E-state index < -0.39 is 0 Å². The van der Waals surface area contributed by atoms with Gasteiger partial charge in [0.05, 0.1) is 0 Å². The van der Waals surface area contributed by atoms with Crippen molar-refractivity contribution in [2.75, 3.05) is 6.79 Å². The lowest BCUT2D eigenvalue weighted by molar-refractivity contribution is 0.0971. The van der Waals surface area contributed by atoms with Crippen LogP contribution in [-0.2, 0) is 21.7 Å². The van der Waals surface area contributed by atoms with Gasteiger partial charge in [-0.2, -0.15) is 0 Å². The molecule has 0 atom stereocenters. The summed E-state index contributed by atoms with van der Waals surface area (Å²) in [5, 5.41) is 9.76. The summed E-state index contributed by atoms with van der Waals surface area (Å²) in [7, 11) is 0. The van der Waals surface area contributed by atoms with Gasteiger partial charge in [0, 0.05) is 11.1 Å². The molecule has 0 bridgehead atoms. The maximum Gasteiger partial charge on any atom is 0.186 e. The van der Waals surface area contributed by atoms with Crippen molar-refractivity contribution in [3.8, 4) is 16.9 Å². The van der Waals surface area contributed by atoms with Crippen molar-refractivity contribution in [3.63, 3.8) is 0 Å². The highest BCUT2D eigenvalue weighted by atomic mass is 16.6. The fraction of sp³-hybridized carbons (Fsp3) is 0.586. The van der Waals surface area contributed by atoms with Gasteiger partial charge in [-0.25, -0.2) is 0 Å². The topological polar surface area (TPSA) is 29.5 Å². The number of aliphatic hydroxyl groups excluding tert-OH is 1. The average Bonchev–Trinajstić information content (AvgIpc) is 2.58. The summed E-state index contributed by atoms with van der Waals surface area (Å²) < 4.78 is 5.92. The molecule has 172 valence electrons. The van der Waals surface area contributed by atoms with Gasteiger partial charge in [-0.05, 0) is 50.0 Å². The predicted molar refractivity (Wildman–Crippen MR) is 134 cm³/mol. The quantitative estimate of drug-likeness (QED) is 0.508. The van der Waals surface area contributed by atoms with Crippen molar-refractivity contribution >= 4 is 0 Å². The van der Waals surface area contributed by atoms with Crippen LogP contribution in [0.3, 0.4) is 0 Å². The molecule has 2 heteroatoms. The molecule has 0 spiro atoms. The molecule has 0 aromatic heterocycles. The Hall–Kier alpha value is -1.80. The second kappa shape index (κ2) is 8.28. The molecule has 0 heterocycles. The Labute approximate surface area is 191 Å². The van der Waals surface area contributed by atoms with Gasteiger partial charge in [-0.1, -0.05) is 107 Å². The Bertz CT molecular complexity index is 891. The zero-order chi connectivity index (χ0) is 24.0. The van der Waals surface area contributed by atoms with Crippen molar-refractivity contribution in [1.29, 1.82) is 0 Å². The second-order valence-electron chi connectivity index (χ2n) is 13.0. The van der Waals surface area contributed by atoms with Gasteiger partial charge in [-0.15, -0.1) is 0 Å². The number of hydrogen-bond donors (Lipinski definition) is 1. The third kappa shape index (κ3) is 5.92. The highest BCUT2D eigenvalue weighted by Crippen LogP contribution is 2.44. The van der Waals surface area contributed by atoms with E-state index in [1.54, 1.807) is 0 Å². The van der Waals surface area contributed by atoms with Crippen LogP contribution in [0.4, 0.5) is 0 Å². The first kappa shape index (κ1) is 25.5. The smallest absolute Gasteiger partial charge is 0.186 e. The number of hydrogen-bond acceptors (Lipinski definition) is 2. The van der Waals surface area contributed by atoms with E-state index in [1.165, 1.54) is 16.7 Å². The summed E-state index contributed by atoms with van der Waals surface area (Å²) in [6.45, 7) is 26.6. The number of benzene rings is 2. The second-order valence-corrected chi connectivity index (χ2v) is 13.0. The minimum absolute atomic E-state index is 0.000981. The molecule has 2 rings (SSSR count). The van der Waals surface area contributed by atoms with E-state index in [0.29, 0.717) is 0 Å². The zero-order valence-corrected chi connectivity index (χ0v) is 21.9. The summed E-state index contributed by atoms with van der Waals surface area (Å²) in [5.74, 6) is 0.786. The summed E-state index contributed by atoms with van der Waals surface area (Å²) in [6.07, 6.45) is 0. The molecule has 0 radical (unpaired) electrons. The maximum atomic E-state index is 9.76. The molecule has 0 unspecified atom stereocenters. The lowest BCUT2D eigenvalue weighted by Gasteiger charge is -2.30. The largest absolute Gasteiger partial charge is 0.467 e. The van der Waals surface area contributed by atoms with Crippen molar-refractivity contribution in [2.45, 2.75) is 105 Å². The van der Waals surface area contributed by atoms with Gasteiger partial charge in [0.1, 0.15) is 5.75 Å². The molecule has 2 aromatic carbocycles. The van der Waals surface area contributed by atoms with E-state index in [2.05, 4.69) is 113 Å². The molecule has 0 saturated heterocycles. The minimum Gasteiger partial charge on any atom is -0.467 e. The Morgan fingerprint density at radius 2 is 1.00 bits per heavy atom. The van der Waals surface area contributed by atoms with Crippen LogP contribution >= 0.6 is 0 Å². The van der Waals surface area contributed by atoms with Crippen LogP contribution in [0.25, 0.3) is 11.1 Å². The summed E-state index contributed by atoms with van der Waals surface area (Å²) in [6, 6.07) is 11.5. The Morgan fingerprint density at radius 3 is 1.35 bits per heavy atom. The standard InChI is InChI=1S/C29H44O2/c1-26(2,3)20-13-19(14-21(15-20)27(4,5)6)23-16-22(28(7,8)9)17-24(29(10,11)12)25(23)31-18-30/h13-17,30H,18H2,1-12H3. The molecule has 2 aromatic rings. The number of ether oxygens (including phenoxy) is 1. The van der Waals surface area contributed by atoms with Crippen molar-refractivity contribution in [3.05, 3.63) is 52.6 Å². The SMILES string of the molecule is CC(C)(C)c1cc(-c2cc(C(C)(C)C)cc(C(C)(C)C)c2OCO)cc(C(C)(C)C)c1. The van der Waals surface area contributed by atoms with E-state index in [9.17, 15) is 5.11 Å².